The van der Waals surface area contributed by atoms with Crippen molar-refractivity contribution in [1.82, 2.24) is 14.3 Å². The van der Waals surface area contributed by atoms with Gasteiger partial charge < -0.3 is 5.32 Å². The van der Waals surface area contributed by atoms with Crippen molar-refractivity contribution in [1.29, 1.82) is 0 Å². The molecule has 0 unspecified atom stereocenters. The molecule has 0 aromatic rings. The Hall–Kier alpha value is 0.180. The van der Waals surface area contributed by atoms with E-state index in [1.54, 1.807) is 4.31 Å². The van der Waals surface area contributed by atoms with E-state index in [0.717, 1.165) is 25.9 Å². The van der Waals surface area contributed by atoms with Gasteiger partial charge in [0.25, 0.3) is 10.2 Å². The normalized spacial score (nSPS) is 25.3. The molecule has 0 spiro atoms. The lowest BCUT2D eigenvalue weighted by Crippen LogP contribution is -2.53. The largest absolute Gasteiger partial charge is 0.314 e. The van der Waals surface area contributed by atoms with E-state index >= 15 is 0 Å². The number of hydrogen-bond donors (Lipinski definition) is 2. The van der Waals surface area contributed by atoms with Gasteiger partial charge in [-0.1, -0.05) is 19.3 Å². The zero-order valence-electron chi connectivity index (χ0n) is 11.7. The SMILES string of the molecule is CSC1(CNS(=O)(=O)N2CCNCC2)CCCCC1. The van der Waals surface area contributed by atoms with Crippen LogP contribution in [0.15, 0.2) is 0 Å². The molecule has 1 saturated heterocycles. The van der Waals surface area contributed by atoms with Crippen LogP contribution in [0.1, 0.15) is 32.1 Å². The number of rotatable bonds is 5. The molecule has 1 aliphatic heterocycles. The average Bonchev–Trinajstić information content (AvgIpc) is 2.47. The summed E-state index contributed by atoms with van der Waals surface area (Å²) in [6.45, 7) is 3.20. The molecular weight excluding hydrogens is 282 g/mol. The summed E-state index contributed by atoms with van der Waals surface area (Å²) in [5.74, 6) is 0. The van der Waals surface area contributed by atoms with Gasteiger partial charge in [-0.2, -0.15) is 24.5 Å². The maximum absolute atomic E-state index is 12.3. The summed E-state index contributed by atoms with van der Waals surface area (Å²) in [4.78, 5) is 0. The molecular formula is C12H25N3O2S2. The van der Waals surface area contributed by atoms with Crippen molar-refractivity contribution in [3.05, 3.63) is 0 Å². The van der Waals surface area contributed by atoms with Gasteiger partial charge >= 0.3 is 0 Å². The molecule has 0 radical (unpaired) electrons. The van der Waals surface area contributed by atoms with Gasteiger partial charge in [0.15, 0.2) is 0 Å². The van der Waals surface area contributed by atoms with Crippen LogP contribution in [0.4, 0.5) is 0 Å². The molecule has 1 aliphatic carbocycles. The first-order valence-corrected chi connectivity index (χ1v) is 9.75. The van der Waals surface area contributed by atoms with Crippen molar-refractivity contribution >= 4 is 22.0 Å². The van der Waals surface area contributed by atoms with Crippen molar-refractivity contribution in [2.24, 2.45) is 0 Å². The molecule has 0 bridgehead atoms. The van der Waals surface area contributed by atoms with Crippen molar-refractivity contribution in [3.8, 4) is 0 Å². The van der Waals surface area contributed by atoms with Crippen LogP contribution in [0.3, 0.4) is 0 Å². The van der Waals surface area contributed by atoms with E-state index in [2.05, 4.69) is 16.3 Å². The fourth-order valence-corrected chi connectivity index (χ4v) is 5.16. The van der Waals surface area contributed by atoms with E-state index < -0.39 is 10.2 Å². The maximum Gasteiger partial charge on any atom is 0.279 e. The summed E-state index contributed by atoms with van der Waals surface area (Å²) < 4.78 is 29.0. The molecule has 112 valence electrons. The van der Waals surface area contributed by atoms with Gasteiger partial charge in [-0.15, -0.1) is 0 Å². The maximum atomic E-state index is 12.3. The van der Waals surface area contributed by atoms with Crippen LogP contribution in [0.5, 0.6) is 0 Å². The van der Waals surface area contributed by atoms with Crippen LogP contribution in [0.25, 0.3) is 0 Å². The van der Waals surface area contributed by atoms with Gasteiger partial charge in [-0.25, -0.2) is 4.72 Å². The summed E-state index contributed by atoms with van der Waals surface area (Å²) in [6.07, 6.45) is 8.07. The highest BCUT2D eigenvalue weighted by Gasteiger charge is 2.33. The lowest BCUT2D eigenvalue weighted by atomic mass is 9.88. The van der Waals surface area contributed by atoms with Crippen molar-refractivity contribution in [2.75, 3.05) is 39.0 Å². The lowest BCUT2D eigenvalue weighted by Gasteiger charge is -2.36. The summed E-state index contributed by atoms with van der Waals surface area (Å²) in [5, 5.41) is 3.17. The number of thioether (sulfide) groups is 1. The average molecular weight is 307 g/mol. The van der Waals surface area contributed by atoms with Gasteiger partial charge in [-0.05, 0) is 19.1 Å². The summed E-state index contributed by atoms with van der Waals surface area (Å²) >= 11 is 1.82. The Morgan fingerprint density at radius 2 is 1.84 bits per heavy atom. The third-order valence-electron chi connectivity index (χ3n) is 4.19. The molecule has 1 saturated carbocycles. The molecule has 2 rings (SSSR count). The Bertz CT molecular complexity index is 374. The Kier molecular flexibility index (Phi) is 5.54. The minimum absolute atomic E-state index is 0.110. The highest BCUT2D eigenvalue weighted by Crippen LogP contribution is 2.38. The zero-order valence-corrected chi connectivity index (χ0v) is 13.3. The van der Waals surface area contributed by atoms with E-state index in [4.69, 9.17) is 0 Å². The van der Waals surface area contributed by atoms with Crippen molar-refractivity contribution in [2.45, 2.75) is 36.9 Å². The Morgan fingerprint density at radius 3 is 2.42 bits per heavy atom. The summed E-state index contributed by atoms with van der Waals surface area (Å²) in [7, 11) is -3.30. The van der Waals surface area contributed by atoms with Crippen LogP contribution in [-0.2, 0) is 10.2 Å². The van der Waals surface area contributed by atoms with Gasteiger partial charge in [-0.3, -0.25) is 0 Å². The molecule has 2 fully saturated rings. The smallest absolute Gasteiger partial charge is 0.279 e. The molecule has 5 nitrogen and oxygen atoms in total. The topological polar surface area (TPSA) is 61.4 Å². The van der Waals surface area contributed by atoms with Crippen LogP contribution in [-0.4, -0.2) is 56.4 Å². The molecule has 1 heterocycles. The molecule has 19 heavy (non-hydrogen) atoms. The third-order valence-corrected chi connectivity index (χ3v) is 7.16. The summed E-state index contributed by atoms with van der Waals surface area (Å²) in [5.41, 5.74) is 0. The molecule has 0 atom stereocenters. The first-order valence-electron chi connectivity index (χ1n) is 7.09. The van der Waals surface area contributed by atoms with Crippen molar-refractivity contribution in [3.63, 3.8) is 0 Å². The number of nitrogens with one attached hydrogen (secondary N) is 2. The van der Waals surface area contributed by atoms with E-state index in [-0.39, 0.29) is 4.75 Å². The van der Waals surface area contributed by atoms with Crippen LogP contribution in [0, 0.1) is 0 Å². The molecule has 7 heteroatoms. The number of piperazine rings is 1. The molecule has 2 N–H and O–H groups in total. The standard InChI is InChI=1S/C12H25N3O2S2/c1-18-12(5-3-2-4-6-12)11-14-19(16,17)15-9-7-13-8-10-15/h13-14H,2-11H2,1H3. The number of nitrogens with zero attached hydrogens (tertiary/aromatic N) is 1. The highest BCUT2D eigenvalue weighted by molar-refractivity contribution is 8.00. The third kappa shape index (κ3) is 4.07. The highest BCUT2D eigenvalue weighted by atomic mass is 32.2. The molecule has 0 aromatic carbocycles. The van der Waals surface area contributed by atoms with E-state index in [9.17, 15) is 8.42 Å². The lowest BCUT2D eigenvalue weighted by molar-refractivity contribution is 0.347. The first kappa shape index (κ1) is 15.6. The minimum Gasteiger partial charge on any atom is -0.314 e. The van der Waals surface area contributed by atoms with Crippen LogP contribution >= 0.6 is 11.8 Å². The van der Waals surface area contributed by atoms with Crippen molar-refractivity contribution < 1.29 is 8.42 Å². The zero-order chi connectivity index (χ0) is 13.8. The van der Waals surface area contributed by atoms with Gasteiger partial charge in [0.2, 0.25) is 0 Å². The fraction of sp³-hybridized carbons (Fsp3) is 1.00. The Balaban J connectivity index is 1.92. The second kappa shape index (κ2) is 6.76. The molecule has 0 aromatic heterocycles. The van der Waals surface area contributed by atoms with E-state index in [0.29, 0.717) is 19.6 Å². The predicted molar refractivity (Wildman–Crippen MR) is 80.7 cm³/mol. The second-order valence-corrected chi connectivity index (χ2v) is 8.45. The summed E-state index contributed by atoms with van der Waals surface area (Å²) in [6, 6.07) is 0. The van der Waals surface area contributed by atoms with Gasteiger partial charge in [0, 0.05) is 37.5 Å². The fourth-order valence-electron chi connectivity index (χ4n) is 2.85. The van der Waals surface area contributed by atoms with Gasteiger partial charge in [0.1, 0.15) is 0 Å². The minimum atomic E-state index is -3.30. The second-order valence-electron chi connectivity index (χ2n) is 5.42. The monoisotopic (exact) mass is 307 g/mol. The first-order chi connectivity index (χ1) is 9.08. The van der Waals surface area contributed by atoms with Crippen LogP contribution < -0.4 is 10.0 Å². The Morgan fingerprint density at radius 1 is 1.21 bits per heavy atom. The van der Waals surface area contributed by atoms with E-state index in [1.807, 2.05) is 11.8 Å². The van der Waals surface area contributed by atoms with E-state index in [1.165, 1.54) is 19.3 Å². The quantitative estimate of drug-likeness (QED) is 0.788. The molecule has 2 aliphatic rings. The number of hydrogen-bond acceptors (Lipinski definition) is 4. The van der Waals surface area contributed by atoms with Gasteiger partial charge in [0.05, 0.1) is 0 Å². The molecule has 0 amide bonds. The van der Waals surface area contributed by atoms with Crippen LogP contribution in [0.2, 0.25) is 0 Å². The predicted octanol–water partition coefficient (Wildman–Crippen LogP) is 0.792. The Labute approximate surface area is 121 Å².